The summed E-state index contributed by atoms with van der Waals surface area (Å²) in [6.45, 7) is 0.538. The molecule has 1 spiro atoms. The SMILES string of the molecule is O=C1CC2(CCCCCC2)C(=O)N1CC1CCCC(O)C1. The van der Waals surface area contributed by atoms with Gasteiger partial charge in [-0.3, -0.25) is 14.5 Å². The molecule has 2 aliphatic carbocycles. The highest BCUT2D eigenvalue weighted by Crippen LogP contribution is 2.44. The Morgan fingerprint density at radius 2 is 1.76 bits per heavy atom. The summed E-state index contributed by atoms with van der Waals surface area (Å²) >= 11 is 0. The van der Waals surface area contributed by atoms with Crippen molar-refractivity contribution in [1.82, 2.24) is 4.90 Å². The highest BCUT2D eigenvalue weighted by molar-refractivity contribution is 6.05. The van der Waals surface area contributed by atoms with E-state index in [-0.39, 0.29) is 23.3 Å². The van der Waals surface area contributed by atoms with Gasteiger partial charge in [-0.25, -0.2) is 0 Å². The number of hydrogen-bond acceptors (Lipinski definition) is 3. The van der Waals surface area contributed by atoms with Gasteiger partial charge in [-0.15, -0.1) is 0 Å². The molecule has 3 aliphatic rings. The van der Waals surface area contributed by atoms with Gasteiger partial charge < -0.3 is 5.11 Å². The van der Waals surface area contributed by atoms with Crippen LogP contribution < -0.4 is 0 Å². The lowest BCUT2D eigenvalue weighted by Crippen LogP contribution is -2.40. The summed E-state index contributed by atoms with van der Waals surface area (Å²) in [4.78, 5) is 26.7. The second-order valence-corrected chi connectivity index (χ2v) is 7.37. The Balaban J connectivity index is 1.68. The maximum Gasteiger partial charge on any atom is 0.235 e. The fraction of sp³-hybridized carbons (Fsp3) is 0.882. The zero-order chi connectivity index (χ0) is 14.9. The van der Waals surface area contributed by atoms with Gasteiger partial charge in [0.1, 0.15) is 0 Å². The van der Waals surface area contributed by atoms with Gasteiger partial charge in [-0.05, 0) is 38.0 Å². The molecule has 0 aromatic carbocycles. The van der Waals surface area contributed by atoms with Crippen molar-refractivity contribution in [2.45, 2.75) is 76.7 Å². The summed E-state index contributed by atoms with van der Waals surface area (Å²) in [7, 11) is 0. The summed E-state index contributed by atoms with van der Waals surface area (Å²) in [6, 6.07) is 0. The van der Waals surface area contributed by atoms with Crippen LogP contribution in [0, 0.1) is 11.3 Å². The number of amides is 2. The largest absolute Gasteiger partial charge is 0.393 e. The number of imide groups is 1. The maximum absolute atomic E-state index is 12.8. The fourth-order valence-electron chi connectivity index (χ4n) is 4.53. The average Bonchev–Trinajstić information content (AvgIpc) is 2.63. The van der Waals surface area contributed by atoms with Crippen LogP contribution in [0.5, 0.6) is 0 Å². The third-order valence-corrected chi connectivity index (χ3v) is 5.75. The number of rotatable bonds is 2. The summed E-state index contributed by atoms with van der Waals surface area (Å²) in [5.41, 5.74) is -0.374. The first-order valence-electron chi connectivity index (χ1n) is 8.64. The quantitative estimate of drug-likeness (QED) is 0.796. The van der Waals surface area contributed by atoms with E-state index in [1.54, 1.807) is 0 Å². The number of aliphatic hydroxyl groups excluding tert-OH is 1. The average molecular weight is 293 g/mol. The molecule has 3 fully saturated rings. The smallest absolute Gasteiger partial charge is 0.235 e. The molecule has 1 N–H and O–H groups in total. The summed E-state index contributed by atoms with van der Waals surface area (Å²) in [5.74, 6) is 0.416. The molecule has 2 atom stereocenters. The van der Waals surface area contributed by atoms with Gasteiger partial charge in [0.25, 0.3) is 0 Å². The van der Waals surface area contributed by atoms with Crippen molar-refractivity contribution in [3.63, 3.8) is 0 Å². The summed E-state index contributed by atoms with van der Waals surface area (Å²) in [5, 5.41) is 9.78. The van der Waals surface area contributed by atoms with Crippen molar-refractivity contribution < 1.29 is 14.7 Å². The third kappa shape index (κ3) is 3.01. The molecule has 0 bridgehead atoms. The minimum Gasteiger partial charge on any atom is -0.393 e. The standard InChI is InChI=1S/C17H27NO3/c19-14-7-5-6-13(10-14)12-18-15(20)11-17(16(18)21)8-3-1-2-4-9-17/h13-14,19H,1-12H2. The molecule has 2 amide bonds. The number of aliphatic hydroxyl groups is 1. The van der Waals surface area contributed by atoms with Crippen molar-refractivity contribution in [2.24, 2.45) is 11.3 Å². The number of hydrogen-bond donors (Lipinski definition) is 1. The Kier molecular flexibility index (Phi) is 4.34. The topological polar surface area (TPSA) is 57.6 Å². The second kappa shape index (κ2) is 6.07. The Labute approximate surface area is 126 Å². The van der Waals surface area contributed by atoms with Gasteiger partial charge in [0.2, 0.25) is 11.8 Å². The fourth-order valence-corrected chi connectivity index (χ4v) is 4.53. The van der Waals surface area contributed by atoms with Crippen LogP contribution in [-0.4, -0.2) is 34.5 Å². The van der Waals surface area contributed by atoms with Gasteiger partial charge >= 0.3 is 0 Å². The van der Waals surface area contributed by atoms with Crippen molar-refractivity contribution in [3.05, 3.63) is 0 Å². The third-order valence-electron chi connectivity index (χ3n) is 5.75. The molecule has 4 nitrogen and oxygen atoms in total. The summed E-state index contributed by atoms with van der Waals surface area (Å²) < 4.78 is 0. The molecule has 2 unspecified atom stereocenters. The van der Waals surface area contributed by atoms with Crippen LogP contribution >= 0.6 is 0 Å². The number of likely N-dealkylation sites (tertiary alicyclic amines) is 1. The van der Waals surface area contributed by atoms with E-state index >= 15 is 0 Å². The molecule has 3 rings (SSSR count). The van der Waals surface area contributed by atoms with E-state index in [0.717, 1.165) is 51.4 Å². The monoisotopic (exact) mass is 293 g/mol. The Bertz CT molecular complexity index is 412. The van der Waals surface area contributed by atoms with Crippen LogP contribution in [0.3, 0.4) is 0 Å². The predicted molar refractivity (Wildman–Crippen MR) is 79.4 cm³/mol. The van der Waals surface area contributed by atoms with Crippen LogP contribution in [-0.2, 0) is 9.59 Å². The molecule has 0 aromatic rings. The first-order valence-corrected chi connectivity index (χ1v) is 8.64. The zero-order valence-corrected chi connectivity index (χ0v) is 12.9. The van der Waals surface area contributed by atoms with E-state index in [1.165, 1.54) is 17.7 Å². The van der Waals surface area contributed by atoms with Crippen molar-refractivity contribution >= 4 is 11.8 Å². The molecule has 1 heterocycles. The molecule has 0 radical (unpaired) electrons. The molecule has 1 aliphatic heterocycles. The van der Waals surface area contributed by atoms with Gasteiger partial charge in [0.15, 0.2) is 0 Å². The van der Waals surface area contributed by atoms with Crippen LogP contribution in [0.25, 0.3) is 0 Å². The molecular weight excluding hydrogens is 266 g/mol. The second-order valence-electron chi connectivity index (χ2n) is 7.37. The summed E-state index contributed by atoms with van der Waals surface area (Å²) in [6.07, 6.45) is 10.1. The number of nitrogens with zero attached hydrogens (tertiary/aromatic N) is 1. The van der Waals surface area contributed by atoms with Crippen LogP contribution in [0.1, 0.15) is 70.6 Å². The molecule has 4 heteroatoms. The Hall–Kier alpha value is -0.900. The minimum atomic E-state index is -0.374. The molecule has 118 valence electrons. The molecule has 21 heavy (non-hydrogen) atoms. The van der Waals surface area contributed by atoms with E-state index in [4.69, 9.17) is 0 Å². The van der Waals surface area contributed by atoms with E-state index < -0.39 is 0 Å². The van der Waals surface area contributed by atoms with E-state index in [2.05, 4.69) is 0 Å². The number of carbonyl (C=O) groups excluding carboxylic acids is 2. The van der Waals surface area contributed by atoms with Crippen LogP contribution in [0.4, 0.5) is 0 Å². The Morgan fingerprint density at radius 1 is 1.05 bits per heavy atom. The molecule has 1 saturated heterocycles. The lowest BCUT2D eigenvalue weighted by Gasteiger charge is -2.30. The van der Waals surface area contributed by atoms with E-state index in [9.17, 15) is 14.7 Å². The van der Waals surface area contributed by atoms with Gasteiger partial charge in [-0.1, -0.05) is 32.1 Å². The highest BCUT2D eigenvalue weighted by atomic mass is 16.3. The lowest BCUT2D eigenvalue weighted by atomic mass is 9.79. The first-order chi connectivity index (χ1) is 10.1. The van der Waals surface area contributed by atoms with Crippen LogP contribution in [0.2, 0.25) is 0 Å². The Morgan fingerprint density at radius 3 is 2.43 bits per heavy atom. The van der Waals surface area contributed by atoms with Gasteiger partial charge in [0, 0.05) is 13.0 Å². The highest BCUT2D eigenvalue weighted by Gasteiger charge is 2.51. The van der Waals surface area contributed by atoms with Gasteiger partial charge in [0.05, 0.1) is 11.5 Å². The lowest BCUT2D eigenvalue weighted by molar-refractivity contribution is -0.142. The van der Waals surface area contributed by atoms with Crippen molar-refractivity contribution in [2.75, 3.05) is 6.54 Å². The van der Waals surface area contributed by atoms with Crippen molar-refractivity contribution in [3.8, 4) is 0 Å². The van der Waals surface area contributed by atoms with Crippen LogP contribution in [0.15, 0.2) is 0 Å². The number of carbonyl (C=O) groups is 2. The maximum atomic E-state index is 12.8. The predicted octanol–water partition coefficient (Wildman–Crippen LogP) is 2.64. The van der Waals surface area contributed by atoms with Gasteiger partial charge in [-0.2, -0.15) is 0 Å². The minimum absolute atomic E-state index is 0.0296. The van der Waals surface area contributed by atoms with E-state index in [0.29, 0.717) is 18.9 Å². The molecule has 0 aromatic heterocycles. The zero-order valence-electron chi connectivity index (χ0n) is 12.9. The van der Waals surface area contributed by atoms with E-state index in [1.807, 2.05) is 0 Å². The first kappa shape index (κ1) is 15.0. The molecule has 2 saturated carbocycles. The van der Waals surface area contributed by atoms with Crippen molar-refractivity contribution in [1.29, 1.82) is 0 Å². The normalized spacial score (nSPS) is 33.5. The molecular formula is C17H27NO3.